The molecule has 3 heterocycles. The molecular formula is C39H44ClFN6O4. The number of carbonyl (C=O) groups is 1. The highest BCUT2D eigenvalue weighted by Gasteiger charge is 2.25. The van der Waals surface area contributed by atoms with Gasteiger partial charge in [0.15, 0.2) is 0 Å². The van der Waals surface area contributed by atoms with Crippen LogP contribution in [0.5, 0.6) is 0 Å². The van der Waals surface area contributed by atoms with Crippen LogP contribution in [0.1, 0.15) is 63.0 Å². The van der Waals surface area contributed by atoms with Gasteiger partial charge in [-0.15, -0.1) is 0 Å². The molecule has 268 valence electrons. The van der Waals surface area contributed by atoms with Crippen molar-refractivity contribution in [3.8, 4) is 11.4 Å². The maximum atomic E-state index is 15.8. The van der Waals surface area contributed by atoms with Crippen LogP contribution in [0.3, 0.4) is 0 Å². The fourth-order valence-electron chi connectivity index (χ4n) is 6.35. The summed E-state index contributed by atoms with van der Waals surface area (Å²) in [6.45, 7) is 9.36. The highest BCUT2D eigenvalue weighted by Crippen LogP contribution is 2.32. The van der Waals surface area contributed by atoms with Crippen LogP contribution in [0.4, 0.5) is 14.9 Å². The molecule has 1 amide bonds. The Bertz CT molecular complexity index is 2020. The lowest BCUT2D eigenvalue weighted by atomic mass is 9.93. The number of fused-ring (bicyclic) bond motifs is 1. The van der Waals surface area contributed by atoms with Crippen molar-refractivity contribution in [1.82, 2.24) is 24.9 Å². The normalized spacial score (nSPS) is 14.5. The topological polar surface area (TPSA) is 106 Å². The van der Waals surface area contributed by atoms with Gasteiger partial charge in [0, 0.05) is 55.9 Å². The van der Waals surface area contributed by atoms with Crippen molar-refractivity contribution >= 4 is 34.3 Å². The number of rotatable bonds is 11. The minimum Gasteiger partial charge on any atom is -0.444 e. The van der Waals surface area contributed by atoms with Crippen LogP contribution in [0.25, 0.3) is 22.3 Å². The second-order valence-electron chi connectivity index (χ2n) is 14.1. The van der Waals surface area contributed by atoms with E-state index in [0.29, 0.717) is 61.1 Å². The van der Waals surface area contributed by atoms with E-state index in [1.165, 1.54) is 6.07 Å². The molecule has 0 saturated carbocycles. The molecule has 0 spiro atoms. The van der Waals surface area contributed by atoms with Gasteiger partial charge >= 0.3 is 6.09 Å². The first-order valence-corrected chi connectivity index (χ1v) is 17.7. The lowest BCUT2D eigenvalue weighted by Gasteiger charge is -2.34. The van der Waals surface area contributed by atoms with Crippen molar-refractivity contribution in [1.29, 1.82) is 0 Å². The van der Waals surface area contributed by atoms with Crippen molar-refractivity contribution in [2.45, 2.75) is 58.1 Å². The summed E-state index contributed by atoms with van der Waals surface area (Å²) in [6.07, 6.45) is 3.42. The first kappa shape index (κ1) is 36.1. The Balaban J connectivity index is 1.32. The number of ether oxygens (including phenoxy) is 1. The lowest BCUT2D eigenvalue weighted by molar-refractivity contribution is 0.0527. The molecule has 0 aliphatic carbocycles. The SMILES string of the molecule is CN1CCN(c2cc3c(cc2F)c(=O)c(-c2noc(C(CCCCNC(=O)OC(C)(C)C)c4ccccc4)n2)cn3Cc2ccc(Cl)cc2)CC1. The summed E-state index contributed by atoms with van der Waals surface area (Å²) in [4.78, 5) is 35.2. The monoisotopic (exact) mass is 714 g/mol. The summed E-state index contributed by atoms with van der Waals surface area (Å²) < 4.78 is 28.9. The number of unbranched alkanes of at least 4 members (excludes halogenated alkanes) is 1. The van der Waals surface area contributed by atoms with Crippen molar-refractivity contribution < 1.29 is 18.4 Å². The highest BCUT2D eigenvalue weighted by atomic mass is 35.5. The first-order valence-electron chi connectivity index (χ1n) is 17.4. The maximum absolute atomic E-state index is 15.8. The Morgan fingerprint density at radius 2 is 1.76 bits per heavy atom. The molecule has 1 saturated heterocycles. The fourth-order valence-corrected chi connectivity index (χ4v) is 6.47. The summed E-state index contributed by atoms with van der Waals surface area (Å²) in [5.41, 5.74) is 2.31. The Morgan fingerprint density at radius 1 is 1.04 bits per heavy atom. The van der Waals surface area contributed by atoms with E-state index in [0.717, 1.165) is 30.6 Å². The average Bonchev–Trinajstić information content (AvgIpc) is 3.58. The number of pyridine rings is 1. The average molecular weight is 715 g/mol. The van der Waals surface area contributed by atoms with Crippen molar-refractivity contribution in [2.75, 3.05) is 44.7 Å². The summed E-state index contributed by atoms with van der Waals surface area (Å²) in [7, 11) is 2.05. The van der Waals surface area contributed by atoms with Crippen molar-refractivity contribution in [2.24, 2.45) is 0 Å². The predicted octanol–water partition coefficient (Wildman–Crippen LogP) is 7.47. The number of nitrogens with one attached hydrogen (secondary N) is 1. The van der Waals surface area contributed by atoms with Gasteiger partial charge in [-0.05, 0) is 76.1 Å². The Hall–Kier alpha value is -4.74. The third kappa shape index (κ3) is 8.95. The van der Waals surface area contributed by atoms with E-state index in [9.17, 15) is 9.59 Å². The number of hydrogen-bond donors (Lipinski definition) is 1. The molecule has 12 heteroatoms. The number of hydrogen-bond acceptors (Lipinski definition) is 8. The van der Waals surface area contributed by atoms with E-state index in [1.54, 1.807) is 12.3 Å². The molecule has 1 aliphatic rings. The number of halogens is 2. The standard InChI is InChI=1S/C39H44ClFN6O4/c1-39(2,3)50-38(49)42-17-9-8-12-29(27-10-6-5-7-11-27)37-43-36(44-51-37)31-25-47(24-26-13-15-28(40)16-14-26)33-23-34(32(41)22-30(33)35(31)48)46-20-18-45(4)19-21-46/h5-7,10-11,13-16,22-23,25,29H,8-9,12,17-21,24H2,1-4H3,(H,42,49). The van der Waals surface area contributed by atoms with E-state index >= 15 is 4.39 Å². The molecule has 5 aromatic rings. The van der Waals surface area contributed by atoms with Gasteiger partial charge in [-0.3, -0.25) is 4.79 Å². The van der Waals surface area contributed by atoms with Crippen molar-refractivity contribution in [3.63, 3.8) is 0 Å². The van der Waals surface area contributed by atoms with Gasteiger partial charge in [0.25, 0.3) is 0 Å². The minimum atomic E-state index is -0.565. The van der Waals surface area contributed by atoms with Gasteiger partial charge in [0.1, 0.15) is 11.4 Å². The van der Waals surface area contributed by atoms with Crippen LogP contribution in [0.2, 0.25) is 5.02 Å². The first-order chi connectivity index (χ1) is 24.4. The molecule has 0 bridgehead atoms. The third-order valence-corrected chi connectivity index (χ3v) is 9.28. The molecule has 1 aliphatic heterocycles. The third-order valence-electron chi connectivity index (χ3n) is 9.03. The van der Waals surface area contributed by atoms with E-state index in [4.69, 9.17) is 25.8 Å². The zero-order valence-corrected chi connectivity index (χ0v) is 30.3. The molecule has 1 atom stereocenters. The summed E-state index contributed by atoms with van der Waals surface area (Å²) in [5.74, 6) is -0.178. The smallest absolute Gasteiger partial charge is 0.407 e. The summed E-state index contributed by atoms with van der Waals surface area (Å²) in [6, 6.07) is 20.5. The summed E-state index contributed by atoms with van der Waals surface area (Å²) in [5, 5.41) is 7.95. The number of piperazine rings is 1. The lowest BCUT2D eigenvalue weighted by Crippen LogP contribution is -2.44. The fraction of sp³-hybridized carbons (Fsp3) is 0.385. The molecule has 0 radical (unpaired) electrons. The van der Waals surface area contributed by atoms with Crippen molar-refractivity contribution in [3.05, 3.63) is 111 Å². The number of amides is 1. The molecular weight excluding hydrogens is 671 g/mol. The molecule has 51 heavy (non-hydrogen) atoms. The Labute approximate surface area is 302 Å². The second-order valence-corrected chi connectivity index (χ2v) is 14.5. The van der Waals surface area contributed by atoms with Crippen LogP contribution in [-0.4, -0.2) is 71.1 Å². The number of anilines is 1. The van der Waals surface area contributed by atoms with E-state index in [2.05, 4.69) is 22.4 Å². The molecule has 1 unspecified atom stereocenters. The zero-order chi connectivity index (χ0) is 36.1. The minimum absolute atomic E-state index is 0.137. The number of alkyl carbamates (subject to hydrolysis) is 1. The van der Waals surface area contributed by atoms with Gasteiger partial charge in [-0.2, -0.15) is 4.98 Å². The van der Waals surface area contributed by atoms with Crippen LogP contribution in [-0.2, 0) is 11.3 Å². The van der Waals surface area contributed by atoms with E-state index in [1.807, 2.05) is 84.8 Å². The number of likely N-dealkylation sites (N-methyl/N-ethyl adjacent to an activating group) is 1. The molecule has 3 aromatic carbocycles. The number of carbonyl (C=O) groups excluding carboxylic acids is 1. The Kier molecular flexibility index (Phi) is 11.1. The zero-order valence-electron chi connectivity index (χ0n) is 29.5. The quantitative estimate of drug-likeness (QED) is 0.141. The number of nitrogens with zero attached hydrogens (tertiary/aromatic N) is 5. The van der Waals surface area contributed by atoms with Gasteiger partial charge < -0.3 is 28.9 Å². The summed E-state index contributed by atoms with van der Waals surface area (Å²) >= 11 is 6.18. The molecule has 2 aromatic heterocycles. The predicted molar refractivity (Wildman–Crippen MR) is 198 cm³/mol. The largest absolute Gasteiger partial charge is 0.444 e. The molecule has 1 fully saturated rings. The molecule has 1 N–H and O–H groups in total. The molecule has 10 nitrogen and oxygen atoms in total. The highest BCUT2D eigenvalue weighted by molar-refractivity contribution is 6.30. The van der Waals surface area contributed by atoms with Gasteiger partial charge in [-0.1, -0.05) is 65.6 Å². The Morgan fingerprint density at radius 3 is 2.47 bits per heavy atom. The van der Waals surface area contributed by atoms with Crippen LogP contribution in [0, 0.1) is 5.82 Å². The van der Waals surface area contributed by atoms with Crippen LogP contribution in [0.15, 0.2) is 82.2 Å². The maximum Gasteiger partial charge on any atom is 0.407 e. The van der Waals surface area contributed by atoms with Crippen LogP contribution >= 0.6 is 11.6 Å². The van der Waals surface area contributed by atoms with E-state index < -0.39 is 17.5 Å². The van der Waals surface area contributed by atoms with Crippen LogP contribution < -0.4 is 15.6 Å². The van der Waals surface area contributed by atoms with Gasteiger partial charge in [0.2, 0.25) is 17.1 Å². The molecule has 6 rings (SSSR count). The van der Waals surface area contributed by atoms with E-state index in [-0.39, 0.29) is 28.1 Å². The number of aromatic nitrogens is 3. The van der Waals surface area contributed by atoms with Gasteiger partial charge in [0.05, 0.1) is 22.7 Å². The van der Waals surface area contributed by atoms with Gasteiger partial charge in [-0.25, -0.2) is 9.18 Å². The number of benzene rings is 3. The second kappa shape index (κ2) is 15.7.